The van der Waals surface area contributed by atoms with Crippen LogP contribution >= 0.6 is 181 Å². The maximum atomic E-state index is 10.7. The number of aliphatic carboxylic acids is 1. The van der Waals surface area contributed by atoms with E-state index >= 15 is 0 Å². The molecule has 0 saturated carbocycles. The summed E-state index contributed by atoms with van der Waals surface area (Å²) in [6.45, 7) is 2.28. The number of hydrogen-bond donors (Lipinski definition) is 1. The van der Waals surface area contributed by atoms with Crippen LogP contribution < -0.4 is 0 Å². The van der Waals surface area contributed by atoms with E-state index in [1.165, 1.54) is 44.9 Å². The fourth-order valence-corrected chi connectivity index (χ4v) is 12.5. The Kier molecular flexibility index (Phi) is 25.0. The summed E-state index contributed by atoms with van der Waals surface area (Å²) in [5, 5.41) is 8.84. The van der Waals surface area contributed by atoms with E-state index in [9.17, 15) is 4.79 Å². The molecule has 0 aromatic carbocycles. The number of unbranched alkanes of at least 4 members (excludes halogenated alkanes) is 2. The molecular weight excluding hydrogens is 1290 g/mol. The van der Waals surface area contributed by atoms with E-state index in [1.54, 1.807) is 0 Å². The predicted molar refractivity (Wildman–Crippen MR) is 202 cm³/mol. The first kappa shape index (κ1) is 35.3. The van der Waals surface area contributed by atoms with E-state index in [0.717, 1.165) is 28.5 Å². The van der Waals surface area contributed by atoms with E-state index in [1.807, 2.05) is 0 Å². The molecule has 0 radical (unpaired) electrons. The Hall–Kier alpha value is 5.31. The van der Waals surface area contributed by atoms with Crippen molar-refractivity contribution in [1.82, 2.24) is 0 Å². The van der Waals surface area contributed by atoms with Crippen LogP contribution in [0, 0.1) is 0 Å². The van der Waals surface area contributed by atoms with Crippen molar-refractivity contribution in [2.75, 3.05) is 0 Å². The van der Waals surface area contributed by atoms with Gasteiger partial charge in [-0.1, -0.05) is 207 Å². The molecule has 1 N–H and O–H groups in total. The average molecular weight is 1320 g/mol. The van der Waals surface area contributed by atoms with Crippen LogP contribution in [-0.4, -0.2) is 42.5 Å². The zero-order valence-electron chi connectivity index (χ0n) is 17.1. The Labute approximate surface area is 293 Å². The number of rotatable bonds is 18. The van der Waals surface area contributed by atoms with Gasteiger partial charge in [-0.3, -0.25) is 4.79 Å². The summed E-state index contributed by atoms with van der Waals surface area (Å²) in [4.78, 5) is 10.7. The van der Waals surface area contributed by atoms with Crippen molar-refractivity contribution in [3.8, 4) is 0 Å². The fourth-order valence-electron chi connectivity index (χ4n) is 2.93. The highest BCUT2D eigenvalue weighted by molar-refractivity contribution is 14.1. The average Bonchev–Trinajstić information content (AvgIpc) is 2.67. The minimum absolute atomic E-state index is 0.299. The Morgan fingerprint density at radius 3 is 1.27 bits per heavy atom. The first-order valence-electron chi connectivity index (χ1n) is 10.3. The molecule has 0 bridgehead atoms. The van der Waals surface area contributed by atoms with Crippen molar-refractivity contribution >= 4 is 187 Å². The third-order valence-electron chi connectivity index (χ3n) is 4.87. The van der Waals surface area contributed by atoms with Crippen molar-refractivity contribution in [3.63, 3.8) is 0 Å². The topological polar surface area (TPSA) is 37.3 Å². The van der Waals surface area contributed by atoms with Gasteiger partial charge in [0, 0.05) is 37.8 Å². The Morgan fingerprint density at radius 2 is 0.933 bits per heavy atom. The molecule has 180 valence electrons. The molecule has 30 heavy (non-hydrogen) atoms. The van der Waals surface area contributed by atoms with Gasteiger partial charge in [0.05, 0.1) is 0 Å². The van der Waals surface area contributed by atoms with Gasteiger partial charge in [-0.25, -0.2) is 0 Å². The van der Waals surface area contributed by atoms with Gasteiger partial charge >= 0.3 is 5.97 Å². The molecule has 0 rings (SSSR count). The molecular formula is C20H32I8O2. The second-order valence-electron chi connectivity index (χ2n) is 7.62. The molecule has 0 spiro atoms. The molecule has 0 saturated heterocycles. The molecule has 10 heteroatoms. The van der Waals surface area contributed by atoms with Gasteiger partial charge < -0.3 is 5.11 Å². The quantitative estimate of drug-likeness (QED) is 0.0844. The highest BCUT2D eigenvalue weighted by Crippen LogP contribution is 2.36. The summed E-state index contributed by atoms with van der Waals surface area (Å²) in [5.74, 6) is -0.673. The fraction of sp³-hybridized carbons (Fsp3) is 0.950. The molecule has 0 heterocycles. The highest BCUT2D eigenvalue weighted by atomic mass is 127. The summed E-state index contributed by atoms with van der Waals surface area (Å²) >= 11 is 21.2. The van der Waals surface area contributed by atoms with Crippen LogP contribution in [0.25, 0.3) is 0 Å². The second-order valence-corrected chi connectivity index (χ2v) is 20.4. The Morgan fingerprint density at radius 1 is 0.600 bits per heavy atom. The highest BCUT2D eigenvalue weighted by Gasteiger charge is 2.29. The number of halogens is 8. The van der Waals surface area contributed by atoms with E-state index in [0.29, 0.717) is 22.1 Å². The molecule has 0 aliphatic heterocycles. The molecule has 0 aromatic rings. The minimum atomic E-state index is -0.673. The monoisotopic (exact) mass is 1320 g/mol. The van der Waals surface area contributed by atoms with Gasteiger partial charge in [-0.05, 0) is 38.5 Å². The Bertz CT molecular complexity index is 457. The van der Waals surface area contributed by atoms with Crippen molar-refractivity contribution in [3.05, 3.63) is 0 Å². The summed E-state index contributed by atoms with van der Waals surface area (Å²) in [5.41, 5.74) is 0. The van der Waals surface area contributed by atoms with Gasteiger partial charge in [-0.2, -0.15) is 0 Å². The smallest absolute Gasteiger partial charge is 0.303 e. The Balaban J connectivity index is 4.35. The number of hydrogen-bond acceptors (Lipinski definition) is 1. The van der Waals surface area contributed by atoms with Crippen LogP contribution in [0.5, 0.6) is 0 Å². The SMILES string of the molecule is CCCCCC(I)C(I)CC(I)C(I)CC(I)C(I)CC(I)C(I)CCCC(=O)O. The maximum absolute atomic E-state index is 10.7. The second kappa shape index (κ2) is 21.3. The first-order valence-corrected chi connectivity index (χ1v) is 20.3. The van der Waals surface area contributed by atoms with Crippen LogP contribution in [0.15, 0.2) is 0 Å². The van der Waals surface area contributed by atoms with Crippen LogP contribution in [0.1, 0.15) is 71.1 Å². The van der Waals surface area contributed by atoms with Gasteiger partial charge in [0.15, 0.2) is 0 Å². The van der Waals surface area contributed by atoms with Gasteiger partial charge in [0.2, 0.25) is 0 Å². The lowest BCUT2D eigenvalue weighted by Crippen LogP contribution is -2.29. The maximum Gasteiger partial charge on any atom is 0.303 e. The third kappa shape index (κ3) is 17.7. The van der Waals surface area contributed by atoms with E-state index in [2.05, 4.69) is 188 Å². The van der Waals surface area contributed by atoms with E-state index in [-0.39, 0.29) is 0 Å². The minimum Gasteiger partial charge on any atom is -0.481 e. The molecule has 0 aliphatic carbocycles. The number of carbonyl (C=O) groups is 1. The van der Waals surface area contributed by atoms with Gasteiger partial charge in [-0.15, -0.1) is 0 Å². The van der Waals surface area contributed by atoms with Crippen molar-refractivity contribution in [2.45, 2.75) is 103 Å². The lowest BCUT2D eigenvalue weighted by atomic mass is 10.0. The number of carboxylic acid groups (broad SMARTS) is 1. The van der Waals surface area contributed by atoms with Crippen LogP contribution in [0.2, 0.25) is 0 Å². The number of carboxylic acids is 1. The largest absolute Gasteiger partial charge is 0.481 e. The lowest BCUT2D eigenvalue weighted by molar-refractivity contribution is -0.137. The van der Waals surface area contributed by atoms with Crippen LogP contribution in [0.4, 0.5) is 0 Å². The van der Waals surface area contributed by atoms with Gasteiger partial charge in [0.1, 0.15) is 0 Å². The van der Waals surface area contributed by atoms with Crippen LogP contribution in [0.3, 0.4) is 0 Å². The lowest BCUT2D eigenvalue weighted by Gasteiger charge is -2.27. The molecule has 0 aliphatic rings. The normalized spacial score (nSPS) is 20.0. The summed E-state index contributed by atoms with van der Waals surface area (Å²) in [6, 6.07) is 0. The molecule has 0 fully saturated rings. The first-order chi connectivity index (χ1) is 14.0. The zero-order valence-corrected chi connectivity index (χ0v) is 34.3. The molecule has 0 amide bonds. The summed E-state index contributed by atoms with van der Waals surface area (Å²) < 4.78 is 5.55. The molecule has 8 unspecified atom stereocenters. The van der Waals surface area contributed by atoms with Crippen molar-refractivity contribution in [1.29, 1.82) is 0 Å². The number of alkyl halides is 8. The van der Waals surface area contributed by atoms with E-state index < -0.39 is 5.97 Å². The summed E-state index contributed by atoms with van der Waals surface area (Å²) in [6.07, 6.45) is 11.3. The van der Waals surface area contributed by atoms with Crippen LogP contribution in [-0.2, 0) is 4.79 Å². The molecule has 8 atom stereocenters. The van der Waals surface area contributed by atoms with E-state index in [4.69, 9.17) is 5.11 Å². The van der Waals surface area contributed by atoms with Crippen molar-refractivity contribution < 1.29 is 9.90 Å². The zero-order chi connectivity index (χ0) is 23.3. The molecule has 2 nitrogen and oxygen atoms in total. The van der Waals surface area contributed by atoms with Gasteiger partial charge in [0.25, 0.3) is 0 Å². The third-order valence-corrected chi connectivity index (χ3v) is 21.6. The summed E-state index contributed by atoms with van der Waals surface area (Å²) in [7, 11) is 0. The predicted octanol–water partition coefficient (Wildman–Crippen LogP) is 10.4. The van der Waals surface area contributed by atoms with Crippen molar-refractivity contribution in [2.24, 2.45) is 0 Å². The molecule has 0 aromatic heterocycles. The standard InChI is InChI=1S/C20H32I8O2/c1-2-3-4-6-12(21)14(23)9-16(25)18(27)11-19(28)17(26)10-15(24)13(22)7-5-8-20(29)30/h12-19H,2-11H2,1H3,(H,29,30).